The van der Waals surface area contributed by atoms with E-state index in [1.807, 2.05) is 0 Å². The Morgan fingerprint density at radius 1 is 1.33 bits per heavy atom. The van der Waals surface area contributed by atoms with Crippen LogP contribution in [0.5, 0.6) is 0 Å². The van der Waals surface area contributed by atoms with Gasteiger partial charge in [0.25, 0.3) is 10.0 Å². The van der Waals surface area contributed by atoms with E-state index >= 15 is 0 Å². The molecule has 2 rings (SSSR count). The van der Waals surface area contributed by atoms with Crippen LogP contribution in [0.3, 0.4) is 0 Å². The molecule has 0 saturated carbocycles. The van der Waals surface area contributed by atoms with Crippen LogP contribution in [0.1, 0.15) is 11.4 Å². The van der Waals surface area contributed by atoms with Crippen LogP contribution in [-0.2, 0) is 17.1 Å². The van der Waals surface area contributed by atoms with E-state index in [-0.39, 0.29) is 10.0 Å². The molecule has 6 nitrogen and oxygen atoms in total. The van der Waals surface area contributed by atoms with Crippen molar-refractivity contribution in [3.8, 4) is 0 Å². The molecule has 0 saturated heterocycles. The van der Waals surface area contributed by atoms with E-state index in [1.165, 1.54) is 17.5 Å². The number of imidazole rings is 1. The summed E-state index contributed by atoms with van der Waals surface area (Å²) in [4.78, 5) is 4.34. The molecule has 0 radical (unpaired) electrons. The number of thiocarbonyl (C=S) groups is 1. The van der Waals surface area contributed by atoms with Crippen LogP contribution in [0.15, 0.2) is 35.5 Å². The van der Waals surface area contributed by atoms with E-state index in [0.29, 0.717) is 17.1 Å². The largest absolute Gasteiger partial charge is 0.389 e. The number of aryl methyl sites for hydroxylation is 2. The van der Waals surface area contributed by atoms with Crippen molar-refractivity contribution in [1.29, 1.82) is 0 Å². The van der Waals surface area contributed by atoms with Crippen LogP contribution in [0, 0.1) is 6.92 Å². The van der Waals surface area contributed by atoms with Gasteiger partial charge in [-0.05, 0) is 31.2 Å². The van der Waals surface area contributed by atoms with Gasteiger partial charge in [0.05, 0.1) is 5.69 Å². The Bertz CT molecular complexity index is 760. The van der Waals surface area contributed by atoms with Gasteiger partial charge in [-0.3, -0.25) is 4.31 Å². The van der Waals surface area contributed by atoms with Gasteiger partial charge >= 0.3 is 0 Å². The van der Waals surface area contributed by atoms with Crippen LogP contribution < -0.4 is 10.0 Å². The first kappa shape index (κ1) is 15.5. The summed E-state index contributed by atoms with van der Waals surface area (Å²) in [6.07, 6.45) is 1.49. The highest BCUT2D eigenvalue weighted by Crippen LogP contribution is 2.21. The lowest BCUT2D eigenvalue weighted by Crippen LogP contribution is -2.27. The Morgan fingerprint density at radius 3 is 2.33 bits per heavy atom. The third-order valence-electron chi connectivity index (χ3n) is 3.23. The van der Waals surface area contributed by atoms with Crippen molar-refractivity contribution in [2.75, 3.05) is 11.4 Å². The molecular weight excluding hydrogens is 308 g/mol. The van der Waals surface area contributed by atoms with Gasteiger partial charge in [0, 0.05) is 25.9 Å². The zero-order valence-electron chi connectivity index (χ0n) is 11.9. The van der Waals surface area contributed by atoms with Crippen molar-refractivity contribution in [3.63, 3.8) is 0 Å². The number of hydrogen-bond acceptors (Lipinski definition) is 4. The molecule has 1 aromatic carbocycles. The molecule has 1 aromatic heterocycles. The average Bonchev–Trinajstić information content (AvgIpc) is 2.78. The molecule has 2 N–H and O–H groups in total. The normalized spacial score (nSPS) is 11.4. The Kier molecular flexibility index (Phi) is 4.02. The number of anilines is 1. The summed E-state index contributed by atoms with van der Waals surface area (Å²) in [5, 5.41) is 0.0171. The summed E-state index contributed by atoms with van der Waals surface area (Å²) in [7, 11) is -0.460. The minimum Gasteiger partial charge on any atom is -0.389 e. The predicted octanol–water partition coefficient (Wildman–Crippen LogP) is 1.19. The highest BCUT2D eigenvalue weighted by Gasteiger charge is 2.24. The van der Waals surface area contributed by atoms with Gasteiger partial charge in [0.2, 0.25) is 0 Å². The summed E-state index contributed by atoms with van der Waals surface area (Å²) in [6, 6.07) is 6.68. The fraction of sp³-hybridized carbons (Fsp3) is 0.231. The summed E-state index contributed by atoms with van der Waals surface area (Å²) < 4.78 is 27.9. The zero-order chi connectivity index (χ0) is 15.8. The number of nitrogens with zero attached hydrogens (tertiary/aromatic N) is 3. The summed E-state index contributed by atoms with van der Waals surface area (Å²) in [6.45, 7) is 1.75. The molecule has 0 spiro atoms. The van der Waals surface area contributed by atoms with E-state index in [4.69, 9.17) is 18.0 Å². The molecule has 0 fully saturated rings. The Morgan fingerprint density at radius 2 is 1.90 bits per heavy atom. The molecule has 0 atom stereocenters. The first-order valence-electron chi connectivity index (χ1n) is 6.12. The van der Waals surface area contributed by atoms with Gasteiger partial charge in [0.15, 0.2) is 5.03 Å². The van der Waals surface area contributed by atoms with Crippen molar-refractivity contribution < 1.29 is 8.42 Å². The van der Waals surface area contributed by atoms with Crippen LogP contribution in [-0.4, -0.2) is 30.0 Å². The molecule has 112 valence electrons. The van der Waals surface area contributed by atoms with E-state index in [1.54, 1.807) is 42.8 Å². The molecule has 0 bridgehead atoms. The van der Waals surface area contributed by atoms with Crippen molar-refractivity contribution in [3.05, 3.63) is 41.9 Å². The molecule has 0 amide bonds. The zero-order valence-corrected chi connectivity index (χ0v) is 13.6. The minimum atomic E-state index is -3.69. The molecule has 1 heterocycles. The number of benzene rings is 1. The maximum absolute atomic E-state index is 12.5. The highest BCUT2D eigenvalue weighted by molar-refractivity contribution is 7.92. The van der Waals surface area contributed by atoms with E-state index in [0.717, 1.165) is 0 Å². The summed E-state index contributed by atoms with van der Waals surface area (Å²) in [5.41, 5.74) is 6.72. The summed E-state index contributed by atoms with van der Waals surface area (Å²) in [5.74, 6) is 0.630. The van der Waals surface area contributed by atoms with Gasteiger partial charge < -0.3 is 10.3 Å². The first-order chi connectivity index (χ1) is 9.73. The summed E-state index contributed by atoms with van der Waals surface area (Å²) >= 11 is 4.87. The second kappa shape index (κ2) is 5.45. The second-order valence-corrected chi connectivity index (χ2v) is 6.98. The Hall–Kier alpha value is -1.93. The van der Waals surface area contributed by atoms with Crippen molar-refractivity contribution in [2.24, 2.45) is 12.8 Å². The maximum atomic E-state index is 12.5. The number of aromatic nitrogens is 2. The number of rotatable bonds is 4. The van der Waals surface area contributed by atoms with Crippen LogP contribution >= 0.6 is 12.2 Å². The molecule has 21 heavy (non-hydrogen) atoms. The predicted molar refractivity (Wildman–Crippen MR) is 85.9 cm³/mol. The van der Waals surface area contributed by atoms with Gasteiger partial charge in [0.1, 0.15) is 10.8 Å². The van der Waals surface area contributed by atoms with Crippen LogP contribution in [0.2, 0.25) is 0 Å². The molecule has 8 heteroatoms. The third-order valence-corrected chi connectivity index (χ3v) is 5.12. The Labute approximate surface area is 129 Å². The van der Waals surface area contributed by atoms with E-state index < -0.39 is 10.0 Å². The number of nitrogens with two attached hydrogens (primary N) is 1. The smallest absolute Gasteiger partial charge is 0.283 e. The maximum Gasteiger partial charge on any atom is 0.283 e. The monoisotopic (exact) mass is 324 g/mol. The van der Waals surface area contributed by atoms with E-state index in [2.05, 4.69) is 4.98 Å². The lowest BCUT2D eigenvalue weighted by molar-refractivity contribution is 0.591. The molecule has 0 aliphatic carbocycles. The molecule has 0 aliphatic rings. The van der Waals surface area contributed by atoms with Gasteiger partial charge in [-0.1, -0.05) is 12.2 Å². The number of sulfonamides is 1. The van der Waals surface area contributed by atoms with Crippen molar-refractivity contribution in [2.45, 2.75) is 11.9 Å². The molecule has 0 unspecified atom stereocenters. The topological polar surface area (TPSA) is 81.2 Å². The average molecular weight is 324 g/mol. The van der Waals surface area contributed by atoms with Crippen LogP contribution in [0.4, 0.5) is 5.69 Å². The number of hydrogen-bond donors (Lipinski definition) is 1. The third kappa shape index (κ3) is 2.91. The van der Waals surface area contributed by atoms with Gasteiger partial charge in [-0.15, -0.1) is 0 Å². The van der Waals surface area contributed by atoms with Crippen molar-refractivity contribution >= 4 is 32.9 Å². The fourth-order valence-corrected chi connectivity index (χ4v) is 3.12. The van der Waals surface area contributed by atoms with Crippen LogP contribution in [0.25, 0.3) is 0 Å². The molecule has 0 aliphatic heterocycles. The standard InChI is InChI=1S/C13H16N4O2S2/c1-9-15-12(8-16(9)2)21(18,19)17(3)11-6-4-10(5-7-11)13(14)20/h4-8H,1-3H3,(H2,14,20). The molecule has 2 aromatic rings. The minimum absolute atomic E-state index is 0.0171. The van der Waals surface area contributed by atoms with E-state index in [9.17, 15) is 8.42 Å². The van der Waals surface area contributed by atoms with Crippen molar-refractivity contribution in [1.82, 2.24) is 9.55 Å². The highest BCUT2D eigenvalue weighted by atomic mass is 32.2. The second-order valence-electron chi connectivity index (χ2n) is 4.62. The first-order valence-corrected chi connectivity index (χ1v) is 7.97. The lowest BCUT2D eigenvalue weighted by Gasteiger charge is -2.18. The SMILES string of the molecule is Cc1nc(S(=O)(=O)N(C)c2ccc(C(N)=S)cc2)cn1C. The fourth-order valence-electron chi connectivity index (χ4n) is 1.77. The van der Waals surface area contributed by atoms with Gasteiger partial charge in [-0.25, -0.2) is 4.98 Å². The Balaban J connectivity index is 2.38. The van der Waals surface area contributed by atoms with Gasteiger partial charge in [-0.2, -0.15) is 8.42 Å². The molecular formula is C13H16N4O2S2. The lowest BCUT2D eigenvalue weighted by atomic mass is 10.2. The quantitative estimate of drug-likeness (QED) is 0.854.